The standard InChI is InChI=1S/C46H61O3P/c1-42(2,3)33-21-19-29-25-36(37(44(7,8)9)26-31(29)23-33)35-17-16-18-39(41(35)46(13,14)15)50(47,48,49)40-28-30-20-22-34(43(4,5)6)24-32(30)27-38(40)45(10,11)12/h16-28,47-49H,1-15H3. The Morgan fingerprint density at radius 2 is 0.840 bits per heavy atom. The van der Waals surface area contributed by atoms with Crippen LogP contribution >= 0.6 is 7.28 Å². The molecule has 0 heterocycles. The van der Waals surface area contributed by atoms with Crippen molar-refractivity contribution in [2.75, 3.05) is 0 Å². The number of rotatable bonds is 3. The summed E-state index contributed by atoms with van der Waals surface area (Å²) >= 11 is 0. The quantitative estimate of drug-likeness (QED) is 0.165. The van der Waals surface area contributed by atoms with E-state index in [1.54, 1.807) is 6.07 Å². The maximum absolute atomic E-state index is 12.8. The molecule has 5 aromatic carbocycles. The molecule has 0 aromatic heterocycles. The third kappa shape index (κ3) is 7.05. The molecule has 0 fully saturated rings. The van der Waals surface area contributed by atoms with E-state index in [0.29, 0.717) is 0 Å². The van der Waals surface area contributed by atoms with E-state index in [4.69, 9.17) is 0 Å². The monoisotopic (exact) mass is 692 g/mol. The Bertz CT molecular complexity index is 2110. The summed E-state index contributed by atoms with van der Waals surface area (Å²) in [6.07, 6.45) is 0. The zero-order chi connectivity index (χ0) is 37.6. The van der Waals surface area contributed by atoms with Gasteiger partial charge in [0.05, 0.1) is 0 Å². The molecule has 0 amide bonds. The van der Waals surface area contributed by atoms with E-state index < -0.39 is 18.1 Å². The van der Waals surface area contributed by atoms with Gasteiger partial charge in [-0.15, -0.1) is 0 Å². The topological polar surface area (TPSA) is 60.7 Å². The summed E-state index contributed by atoms with van der Waals surface area (Å²) in [5.74, 6) is 0. The summed E-state index contributed by atoms with van der Waals surface area (Å²) in [4.78, 5) is 38.3. The molecule has 0 spiro atoms. The van der Waals surface area contributed by atoms with Crippen molar-refractivity contribution in [3.63, 3.8) is 0 Å². The van der Waals surface area contributed by atoms with Crippen LogP contribution in [-0.4, -0.2) is 14.7 Å². The van der Waals surface area contributed by atoms with Gasteiger partial charge in [-0.05, 0) is 0 Å². The second-order valence-electron chi connectivity index (χ2n) is 19.8. The Morgan fingerprint density at radius 3 is 1.28 bits per heavy atom. The first kappa shape index (κ1) is 38.2. The van der Waals surface area contributed by atoms with E-state index in [1.165, 1.54) is 22.1 Å². The molecule has 4 heteroatoms. The second-order valence-corrected chi connectivity index (χ2v) is 22.7. The number of hydrogen-bond acceptors (Lipinski definition) is 3. The molecule has 0 aliphatic carbocycles. The fraction of sp³-hybridized carbons (Fsp3) is 0.435. The average Bonchev–Trinajstić information content (AvgIpc) is 2.96. The summed E-state index contributed by atoms with van der Waals surface area (Å²) in [5.41, 5.74) is 5.81. The van der Waals surface area contributed by atoms with Gasteiger partial charge in [0.2, 0.25) is 0 Å². The van der Waals surface area contributed by atoms with Gasteiger partial charge in [-0.2, -0.15) is 0 Å². The first-order valence-corrected chi connectivity index (χ1v) is 20.2. The fourth-order valence-electron chi connectivity index (χ4n) is 7.33. The van der Waals surface area contributed by atoms with E-state index in [0.717, 1.165) is 38.4 Å². The second kappa shape index (κ2) is 11.7. The van der Waals surface area contributed by atoms with Gasteiger partial charge in [-0.3, -0.25) is 0 Å². The number of benzene rings is 5. The van der Waals surface area contributed by atoms with Crippen molar-refractivity contribution in [3.8, 4) is 11.1 Å². The molecule has 0 aliphatic rings. The van der Waals surface area contributed by atoms with Crippen LogP contribution in [0.4, 0.5) is 0 Å². The van der Waals surface area contributed by atoms with Crippen LogP contribution in [0.5, 0.6) is 0 Å². The van der Waals surface area contributed by atoms with E-state index in [1.807, 2.05) is 18.2 Å². The molecule has 5 rings (SSSR count). The van der Waals surface area contributed by atoms with Crippen LogP contribution in [0.3, 0.4) is 0 Å². The van der Waals surface area contributed by atoms with Crippen molar-refractivity contribution in [2.45, 2.75) is 131 Å². The van der Waals surface area contributed by atoms with Crippen molar-refractivity contribution in [3.05, 3.63) is 107 Å². The van der Waals surface area contributed by atoms with Crippen LogP contribution in [-0.2, 0) is 27.1 Å². The van der Waals surface area contributed by atoms with Crippen molar-refractivity contribution >= 4 is 39.4 Å². The van der Waals surface area contributed by atoms with E-state index >= 15 is 0 Å². The summed E-state index contributed by atoms with van der Waals surface area (Å²) in [6.45, 7) is 32.4. The summed E-state index contributed by atoms with van der Waals surface area (Å²) in [6, 6.07) is 27.2. The minimum absolute atomic E-state index is 0.0252. The van der Waals surface area contributed by atoms with Gasteiger partial charge in [0, 0.05) is 0 Å². The van der Waals surface area contributed by atoms with Gasteiger partial charge in [-0.25, -0.2) is 0 Å². The molecule has 5 aromatic rings. The van der Waals surface area contributed by atoms with Crippen LogP contribution in [0.25, 0.3) is 32.7 Å². The molecule has 0 unspecified atom stereocenters. The van der Waals surface area contributed by atoms with Crippen molar-refractivity contribution in [1.82, 2.24) is 0 Å². The van der Waals surface area contributed by atoms with Crippen molar-refractivity contribution in [2.24, 2.45) is 0 Å². The number of fused-ring (bicyclic) bond motifs is 2. The van der Waals surface area contributed by atoms with E-state index in [2.05, 4.69) is 158 Å². The zero-order valence-electron chi connectivity index (χ0n) is 33.3. The Labute approximate surface area is 302 Å². The van der Waals surface area contributed by atoms with Crippen LogP contribution < -0.4 is 10.6 Å². The van der Waals surface area contributed by atoms with Crippen LogP contribution in [0, 0.1) is 0 Å². The molecule has 0 saturated carbocycles. The van der Waals surface area contributed by atoms with Gasteiger partial charge in [0.1, 0.15) is 0 Å². The van der Waals surface area contributed by atoms with Gasteiger partial charge >= 0.3 is 303 Å². The third-order valence-corrected chi connectivity index (χ3v) is 12.8. The predicted molar refractivity (Wildman–Crippen MR) is 220 cm³/mol. The molecule has 3 nitrogen and oxygen atoms in total. The first-order chi connectivity index (χ1) is 22.5. The van der Waals surface area contributed by atoms with E-state index in [9.17, 15) is 14.7 Å². The van der Waals surface area contributed by atoms with Crippen LogP contribution in [0.15, 0.2) is 78.9 Å². The molecular weight excluding hydrogens is 631 g/mol. The fourth-order valence-corrected chi connectivity index (χ4v) is 10.0. The van der Waals surface area contributed by atoms with Gasteiger partial charge in [-0.1, -0.05) is 0 Å². The zero-order valence-corrected chi connectivity index (χ0v) is 34.2. The summed E-state index contributed by atoms with van der Waals surface area (Å²) in [7, 11) is -5.76. The first-order valence-electron chi connectivity index (χ1n) is 18.1. The molecule has 3 N–H and O–H groups in total. The van der Waals surface area contributed by atoms with Crippen molar-refractivity contribution < 1.29 is 14.7 Å². The molecule has 268 valence electrons. The maximum atomic E-state index is 12.8. The summed E-state index contributed by atoms with van der Waals surface area (Å²) in [5, 5.41) is 4.58. The molecule has 0 atom stereocenters. The Hall–Kier alpha value is -3.07. The van der Waals surface area contributed by atoms with Gasteiger partial charge in [0.25, 0.3) is 0 Å². The Balaban J connectivity index is 1.87. The van der Waals surface area contributed by atoms with Crippen LogP contribution in [0.2, 0.25) is 0 Å². The normalized spacial score (nSPS) is 14.6. The Morgan fingerprint density at radius 1 is 0.380 bits per heavy atom. The average molecular weight is 693 g/mol. The third-order valence-electron chi connectivity index (χ3n) is 10.2. The molecule has 0 radical (unpaired) electrons. The van der Waals surface area contributed by atoms with Crippen LogP contribution in [0.1, 0.15) is 132 Å². The minimum atomic E-state index is -5.76. The van der Waals surface area contributed by atoms with Gasteiger partial charge < -0.3 is 0 Å². The summed E-state index contributed by atoms with van der Waals surface area (Å²) < 4.78 is 0. The molecule has 0 bridgehead atoms. The number of hydrogen-bond donors (Lipinski definition) is 3. The molecule has 50 heavy (non-hydrogen) atoms. The predicted octanol–water partition coefficient (Wildman–Crippen LogP) is 11.4. The Kier molecular flexibility index (Phi) is 8.95. The molecule has 0 aliphatic heterocycles. The van der Waals surface area contributed by atoms with E-state index in [-0.39, 0.29) is 26.9 Å². The molecule has 0 saturated heterocycles. The SMILES string of the molecule is CC(C)(C)c1ccc2cc(-c3cccc(P(O)(O)(O)c4cc5ccc(C(C)(C)C)cc5cc4C(C)(C)C)c3C(C)(C)C)c(C(C)(C)C)cc2c1. The molecular formula is C46H61O3P. The van der Waals surface area contributed by atoms with Crippen molar-refractivity contribution in [1.29, 1.82) is 0 Å². The van der Waals surface area contributed by atoms with Gasteiger partial charge in [0.15, 0.2) is 0 Å².